The Morgan fingerprint density at radius 1 is 0.486 bits per heavy atom. The molecule has 2 nitrogen and oxygen atoms in total. The van der Waals surface area contributed by atoms with Gasteiger partial charge in [-0.2, -0.15) is 0 Å². The minimum absolute atomic E-state index is 0.00644. The molecule has 0 saturated heterocycles. The molecule has 0 aliphatic heterocycles. The molecule has 4 heteroatoms. The second-order valence-corrected chi connectivity index (χ2v) is 14.0. The first kappa shape index (κ1) is 25.7. The number of ether oxygens (including phenoxy) is 1. The molecule has 2 N–H and O–H groups in total. The summed E-state index contributed by atoms with van der Waals surface area (Å²) < 4.78 is 6.63. The van der Waals surface area contributed by atoms with Crippen LogP contribution in [0.3, 0.4) is 0 Å². The molecule has 4 aromatic rings. The molecule has 4 aromatic carbocycles. The molecule has 0 heterocycles. The van der Waals surface area contributed by atoms with Crippen molar-refractivity contribution in [1.29, 1.82) is 0 Å². The lowest BCUT2D eigenvalue weighted by Crippen LogP contribution is -2.44. The lowest BCUT2D eigenvalue weighted by molar-refractivity contribution is 0.00299. The highest BCUT2D eigenvalue weighted by molar-refractivity contribution is 7.74. The monoisotopic (exact) mass is 499 g/mol. The van der Waals surface area contributed by atoms with Gasteiger partial charge < -0.3 is 10.5 Å². The zero-order valence-electron chi connectivity index (χ0n) is 20.7. The average molecular weight is 500 g/mol. The molecule has 0 aromatic heterocycles. The number of nitrogens with two attached hydrogens (primary N) is 1. The van der Waals surface area contributed by atoms with Crippen LogP contribution in [0.5, 0.6) is 0 Å². The minimum atomic E-state index is -0.647. The quantitative estimate of drug-likeness (QED) is 0.224. The van der Waals surface area contributed by atoms with Gasteiger partial charge in [-0.25, -0.2) is 0 Å². The van der Waals surface area contributed by atoms with Crippen molar-refractivity contribution in [2.45, 2.75) is 44.4 Å². The fourth-order valence-electron chi connectivity index (χ4n) is 4.77. The van der Waals surface area contributed by atoms with Crippen molar-refractivity contribution >= 4 is 37.1 Å². The fourth-order valence-corrected chi connectivity index (χ4v) is 10.6. The van der Waals surface area contributed by atoms with E-state index in [4.69, 9.17) is 10.5 Å². The molecular formula is C31H35NOP2. The smallest absolute Gasteiger partial charge is 0.103 e. The van der Waals surface area contributed by atoms with Gasteiger partial charge in [0.05, 0.1) is 6.10 Å². The molecule has 180 valence electrons. The molecule has 0 bridgehead atoms. The standard InChI is InChI=1S/C31H35NOP2/c1-24(34(27-16-8-4-9-17-27)28-18-10-5-11-19-28)31(33-26(3)32)25(2)35(29-20-12-6-13-21-29)30-22-14-7-15-23-30/h4-26,31H,32H2,1-3H3. The topological polar surface area (TPSA) is 35.2 Å². The van der Waals surface area contributed by atoms with Gasteiger partial charge in [0.15, 0.2) is 0 Å². The summed E-state index contributed by atoms with van der Waals surface area (Å²) in [7, 11) is -1.29. The van der Waals surface area contributed by atoms with Crippen molar-refractivity contribution in [2.75, 3.05) is 0 Å². The van der Waals surface area contributed by atoms with Crippen molar-refractivity contribution in [1.82, 2.24) is 0 Å². The predicted molar refractivity (Wildman–Crippen MR) is 156 cm³/mol. The molecule has 0 amide bonds. The van der Waals surface area contributed by atoms with Gasteiger partial charge in [0.2, 0.25) is 0 Å². The van der Waals surface area contributed by atoms with Crippen molar-refractivity contribution in [3.63, 3.8) is 0 Å². The zero-order chi connectivity index (χ0) is 24.6. The maximum Gasteiger partial charge on any atom is 0.103 e. The SMILES string of the molecule is CC(N)OC(C(C)P(c1ccccc1)c1ccccc1)C(C)P(c1ccccc1)c1ccccc1. The van der Waals surface area contributed by atoms with Crippen LogP contribution in [0.15, 0.2) is 121 Å². The third-order valence-corrected chi connectivity index (χ3v) is 11.9. The third kappa shape index (κ3) is 6.46. The van der Waals surface area contributed by atoms with Gasteiger partial charge in [-0.15, -0.1) is 0 Å². The maximum absolute atomic E-state index is 6.63. The Hall–Kier alpha value is -2.34. The molecule has 0 aliphatic carbocycles. The maximum atomic E-state index is 6.63. The summed E-state index contributed by atoms with van der Waals surface area (Å²) >= 11 is 0. The first-order valence-electron chi connectivity index (χ1n) is 12.3. The minimum Gasteiger partial charge on any atom is -0.359 e. The Morgan fingerprint density at radius 2 is 0.743 bits per heavy atom. The highest BCUT2D eigenvalue weighted by Gasteiger charge is 2.37. The van der Waals surface area contributed by atoms with E-state index in [2.05, 4.69) is 135 Å². The van der Waals surface area contributed by atoms with Gasteiger partial charge in [0, 0.05) is 11.3 Å². The summed E-state index contributed by atoms with van der Waals surface area (Å²) in [5, 5.41) is 5.48. The van der Waals surface area contributed by atoms with E-state index in [1.54, 1.807) is 0 Å². The highest BCUT2D eigenvalue weighted by atomic mass is 31.1. The molecule has 0 spiro atoms. The van der Waals surface area contributed by atoms with Crippen LogP contribution in [0, 0.1) is 0 Å². The van der Waals surface area contributed by atoms with Crippen molar-refractivity contribution in [2.24, 2.45) is 5.73 Å². The summed E-state index contributed by atoms with van der Waals surface area (Å²) in [6, 6.07) is 43.6. The molecule has 3 unspecified atom stereocenters. The lowest BCUT2D eigenvalue weighted by atomic mass is 10.2. The van der Waals surface area contributed by atoms with Crippen LogP contribution in [0.2, 0.25) is 0 Å². The average Bonchev–Trinajstić information content (AvgIpc) is 2.90. The van der Waals surface area contributed by atoms with Gasteiger partial charge >= 0.3 is 0 Å². The van der Waals surface area contributed by atoms with Gasteiger partial charge in [0.25, 0.3) is 0 Å². The van der Waals surface area contributed by atoms with Crippen LogP contribution in [-0.2, 0) is 4.74 Å². The van der Waals surface area contributed by atoms with Crippen molar-refractivity contribution < 1.29 is 4.74 Å². The number of hydrogen-bond acceptors (Lipinski definition) is 2. The van der Waals surface area contributed by atoms with Crippen molar-refractivity contribution in [3.05, 3.63) is 121 Å². The Bertz CT molecular complexity index is 972. The molecule has 4 rings (SSSR count). The number of benzene rings is 4. The summed E-state index contributed by atoms with van der Waals surface area (Å²) in [6.07, 6.45) is -0.343. The Morgan fingerprint density at radius 3 is 0.971 bits per heavy atom. The summed E-state index contributed by atoms with van der Waals surface area (Å²) in [6.45, 7) is 6.67. The van der Waals surface area contributed by atoms with Gasteiger partial charge in [-0.05, 0) is 44.0 Å². The van der Waals surface area contributed by atoms with E-state index in [9.17, 15) is 0 Å². The van der Waals surface area contributed by atoms with E-state index in [1.807, 2.05) is 6.92 Å². The van der Waals surface area contributed by atoms with Crippen LogP contribution < -0.4 is 27.0 Å². The van der Waals surface area contributed by atoms with E-state index in [-0.39, 0.29) is 23.6 Å². The van der Waals surface area contributed by atoms with Gasteiger partial charge in [-0.3, -0.25) is 0 Å². The van der Waals surface area contributed by atoms with Crippen LogP contribution in [0.25, 0.3) is 0 Å². The van der Waals surface area contributed by atoms with E-state index < -0.39 is 15.8 Å². The van der Waals surface area contributed by atoms with Crippen molar-refractivity contribution in [3.8, 4) is 0 Å². The van der Waals surface area contributed by atoms with E-state index in [0.29, 0.717) is 0 Å². The van der Waals surface area contributed by atoms with E-state index in [0.717, 1.165) is 0 Å². The summed E-state index contributed by atoms with van der Waals surface area (Å²) in [5.74, 6) is 0. The Balaban J connectivity index is 1.79. The molecule has 0 radical (unpaired) electrons. The molecule has 0 saturated carbocycles. The Kier molecular flexibility index (Phi) is 9.25. The second-order valence-electron chi connectivity index (χ2n) is 8.87. The third-order valence-electron chi connectivity index (χ3n) is 6.27. The number of hydrogen-bond donors (Lipinski definition) is 1. The molecule has 3 atom stereocenters. The number of rotatable bonds is 10. The molecule has 0 aliphatic rings. The normalized spacial score (nSPS) is 15.0. The van der Waals surface area contributed by atoms with Crippen LogP contribution in [-0.4, -0.2) is 23.6 Å². The van der Waals surface area contributed by atoms with E-state index >= 15 is 0 Å². The van der Waals surface area contributed by atoms with Crippen LogP contribution >= 0.6 is 15.8 Å². The largest absolute Gasteiger partial charge is 0.359 e. The van der Waals surface area contributed by atoms with Gasteiger partial charge in [0.1, 0.15) is 6.23 Å². The Labute approximate surface area is 213 Å². The predicted octanol–water partition coefficient (Wildman–Crippen LogP) is 5.72. The zero-order valence-corrected chi connectivity index (χ0v) is 22.5. The van der Waals surface area contributed by atoms with Crippen LogP contribution in [0.4, 0.5) is 0 Å². The molecule has 0 fully saturated rings. The molecular weight excluding hydrogens is 464 g/mol. The summed E-state index contributed by atoms with van der Waals surface area (Å²) in [5.41, 5.74) is 6.86. The fraction of sp³-hybridized carbons (Fsp3) is 0.226. The summed E-state index contributed by atoms with van der Waals surface area (Å²) in [4.78, 5) is 0. The van der Waals surface area contributed by atoms with E-state index in [1.165, 1.54) is 21.2 Å². The van der Waals surface area contributed by atoms with Gasteiger partial charge in [-0.1, -0.05) is 135 Å². The highest BCUT2D eigenvalue weighted by Crippen LogP contribution is 2.49. The molecule has 35 heavy (non-hydrogen) atoms. The first-order chi connectivity index (χ1) is 17.1. The van der Waals surface area contributed by atoms with Crippen LogP contribution in [0.1, 0.15) is 20.8 Å². The second kappa shape index (κ2) is 12.6. The lowest BCUT2D eigenvalue weighted by Gasteiger charge is -2.40. The first-order valence-corrected chi connectivity index (χ1v) is 15.1.